The molecule has 0 unspecified atom stereocenters. The molecule has 0 fully saturated rings. The maximum atomic E-state index is 12.2. The molecule has 0 amide bonds. The van der Waals surface area contributed by atoms with Gasteiger partial charge in [-0.25, -0.2) is 13.4 Å². The molecule has 0 spiro atoms. The SMILES string of the molecule is COc1cc(Br)c(N)cc1S(=O)(=O)Nc1nccs1. The Hall–Kier alpha value is -1.32. The molecule has 1 aromatic heterocycles. The van der Waals surface area contributed by atoms with E-state index < -0.39 is 10.0 Å². The van der Waals surface area contributed by atoms with Crippen LogP contribution in [0.4, 0.5) is 10.8 Å². The highest BCUT2D eigenvalue weighted by Gasteiger charge is 2.22. The molecular formula is C10H10BrN3O3S2. The first-order valence-corrected chi connectivity index (χ1v) is 8.15. The van der Waals surface area contributed by atoms with Crippen molar-refractivity contribution in [3.63, 3.8) is 0 Å². The van der Waals surface area contributed by atoms with Gasteiger partial charge in [-0.3, -0.25) is 4.72 Å². The van der Waals surface area contributed by atoms with Gasteiger partial charge < -0.3 is 10.5 Å². The van der Waals surface area contributed by atoms with Gasteiger partial charge >= 0.3 is 0 Å². The van der Waals surface area contributed by atoms with Crippen LogP contribution in [0.2, 0.25) is 0 Å². The standard InChI is InChI=1S/C10H10BrN3O3S2/c1-17-8-4-6(11)7(12)5-9(8)19(15,16)14-10-13-2-3-18-10/h2-5H,12H2,1H3,(H,13,14). The molecule has 2 rings (SSSR count). The summed E-state index contributed by atoms with van der Waals surface area (Å²) in [5.74, 6) is 0.199. The zero-order valence-electron chi connectivity index (χ0n) is 9.75. The normalized spacial score (nSPS) is 11.3. The molecule has 2 aromatic rings. The number of nitrogens with zero attached hydrogens (tertiary/aromatic N) is 1. The van der Waals surface area contributed by atoms with E-state index in [2.05, 4.69) is 25.6 Å². The molecule has 0 bridgehead atoms. The van der Waals surface area contributed by atoms with Crippen LogP contribution in [0.25, 0.3) is 0 Å². The van der Waals surface area contributed by atoms with E-state index in [1.807, 2.05) is 0 Å². The van der Waals surface area contributed by atoms with Crippen molar-refractivity contribution in [1.82, 2.24) is 4.98 Å². The van der Waals surface area contributed by atoms with Crippen LogP contribution in [0, 0.1) is 0 Å². The van der Waals surface area contributed by atoms with Crippen LogP contribution in [-0.2, 0) is 10.0 Å². The average molecular weight is 364 g/mol. The molecule has 9 heteroatoms. The Morgan fingerprint density at radius 2 is 2.21 bits per heavy atom. The fraction of sp³-hybridized carbons (Fsp3) is 0.100. The Morgan fingerprint density at radius 3 is 2.79 bits per heavy atom. The molecule has 6 nitrogen and oxygen atoms in total. The first-order chi connectivity index (χ1) is 8.94. The molecule has 19 heavy (non-hydrogen) atoms. The number of hydrogen-bond acceptors (Lipinski definition) is 6. The second-order valence-corrected chi connectivity index (χ2v) is 6.87. The van der Waals surface area contributed by atoms with Gasteiger partial charge in [0.25, 0.3) is 10.0 Å². The summed E-state index contributed by atoms with van der Waals surface area (Å²) in [6, 6.07) is 2.84. The van der Waals surface area contributed by atoms with Crippen LogP contribution in [0.15, 0.2) is 33.1 Å². The molecule has 0 aliphatic rings. The van der Waals surface area contributed by atoms with Crippen molar-refractivity contribution in [2.45, 2.75) is 4.90 Å². The molecule has 0 atom stereocenters. The number of aromatic nitrogens is 1. The zero-order valence-corrected chi connectivity index (χ0v) is 13.0. The van der Waals surface area contributed by atoms with E-state index in [4.69, 9.17) is 10.5 Å². The lowest BCUT2D eigenvalue weighted by Gasteiger charge is -2.11. The number of nitrogens with one attached hydrogen (secondary N) is 1. The number of methoxy groups -OCH3 is 1. The Balaban J connectivity index is 2.48. The Bertz CT molecular complexity index is 686. The van der Waals surface area contributed by atoms with E-state index in [9.17, 15) is 8.42 Å². The van der Waals surface area contributed by atoms with Crippen LogP contribution in [0.3, 0.4) is 0 Å². The van der Waals surface area contributed by atoms with Gasteiger partial charge in [0.05, 0.1) is 7.11 Å². The molecule has 0 aliphatic carbocycles. The van der Waals surface area contributed by atoms with E-state index in [0.29, 0.717) is 10.2 Å². The molecule has 1 heterocycles. The highest BCUT2D eigenvalue weighted by molar-refractivity contribution is 9.10. The second kappa shape index (κ2) is 5.35. The summed E-state index contributed by atoms with van der Waals surface area (Å²) < 4.78 is 32.5. The number of anilines is 2. The molecule has 0 radical (unpaired) electrons. The van der Waals surface area contributed by atoms with Crippen LogP contribution >= 0.6 is 27.3 Å². The smallest absolute Gasteiger partial charge is 0.267 e. The summed E-state index contributed by atoms with van der Waals surface area (Å²) in [6.45, 7) is 0. The predicted octanol–water partition coefficient (Wildman–Crippen LogP) is 2.30. The van der Waals surface area contributed by atoms with Gasteiger partial charge in [-0.15, -0.1) is 11.3 Å². The van der Waals surface area contributed by atoms with Crippen LogP contribution in [0.1, 0.15) is 0 Å². The third-order valence-corrected chi connectivity index (χ3v) is 5.09. The summed E-state index contributed by atoms with van der Waals surface area (Å²) >= 11 is 4.40. The number of thiazole rings is 1. The van der Waals surface area contributed by atoms with Gasteiger partial charge in [-0.1, -0.05) is 0 Å². The number of nitrogen functional groups attached to an aromatic ring is 1. The number of halogens is 1. The largest absolute Gasteiger partial charge is 0.495 e. The van der Waals surface area contributed by atoms with E-state index >= 15 is 0 Å². The predicted molar refractivity (Wildman–Crippen MR) is 78.0 cm³/mol. The van der Waals surface area contributed by atoms with Gasteiger partial charge in [-0.2, -0.15) is 0 Å². The molecule has 0 aliphatic heterocycles. The van der Waals surface area contributed by atoms with E-state index in [0.717, 1.165) is 0 Å². The first-order valence-electron chi connectivity index (χ1n) is 4.99. The quantitative estimate of drug-likeness (QED) is 0.812. The van der Waals surface area contributed by atoms with Gasteiger partial charge in [0.1, 0.15) is 10.6 Å². The number of ether oxygens (including phenoxy) is 1. The van der Waals surface area contributed by atoms with Crippen molar-refractivity contribution >= 4 is 48.1 Å². The van der Waals surface area contributed by atoms with Crippen molar-refractivity contribution < 1.29 is 13.2 Å². The molecule has 0 saturated carbocycles. The minimum Gasteiger partial charge on any atom is -0.495 e. The van der Waals surface area contributed by atoms with Crippen molar-refractivity contribution in [1.29, 1.82) is 0 Å². The number of sulfonamides is 1. The summed E-state index contributed by atoms with van der Waals surface area (Å²) in [4.78, 5) is 3.83. The van der Waals surface area contributed by atoms with Gasteiger partial charge in [-0.05, 0) is 28.1 Å². The maximum absolute atomic E-state index is 12.2. The topological polar surface area (TPSA) is 94.3 Å². The second-order valence-electron chi connectivity index (χ2n) is 3.47. The van der Waals surface area contributed by atoms with Crippen molar-refractivity contribution in [3.8, 4) is 5.75 Å². The van der Waals surface area contributed by atoms with E-state index in [1.165, 1.54) is 36.8 Å². The van der Waals surface area contributed by atoms with Gasteiger partial charge in [0, 0.05) is 21.7 Å². The summed E-state index contributed by atoms with van der Waals surface area (Å²) in [6.07, 6.45) is 1.51. The van der Waals surface area contributed by atoms with Crippen LogP contribution in [0.5, 0.6) is 5.75 Å². The monoisotopic (exact) mass is 363 g/mol. The third-order valence-electron chi connectivity index (χ3n) is 2.23. The molecular weight excluding hydrogens is 354 g/mol. The fourth-order valence-corrected chi connectivity index (χ4v) is 3.66. The molecule has 1 aromatic carbocycles. The number of nitrogens with two attached hydrogens (primary N) is 1. The number of rotatable bonds is 4. The van der Waals surface area contributed by atoms with Gasteiger partial charge in [0.2, 0.25) is 0 Å². The average Bonchev–Trinajstić information content (AvgIpc) is 2.84. The summed E-state index contributed by atoms with van der Waals surface area (Å²) in [7, 11) is -2.40. The van der Waals surface area contributed by atoms with Crippen molar-refractivity contribution in [2.24, 2.45) is 0 Å². The number of benzene rings is 1. The molecule has 102 valence electrons. The fourth-order valence-electron chi connectivity index (χ4n) is 1.36. The van der Waals surface area contributed by atoms with E-state index in [1.54, 1.807) is 5.38 Å². The summed E-state index contributed by atoms with van der Waals surface area (Å²) in [5.41, 5.74) is 6.01. The van der Waals surface area contributed by atoms with Crippen molar-refractivity contribution in [2.75, 3.05) is 17.6 Å². The van der Waals surface area contributed by atoms with Gasteiger partial charge in [0.15, 0.2) is 5.13 Å². The highest BCUT2D eigenvalue weighted by Crippen LogP contribution is 2.33. The minimum atomic E-state index is -3.79. The highest BCUT2D eigenvalue weighted by atomic mass is 79.9. The Labute approximate surface area is 122 Å². The minimum absolute atomic E-state index is 0.0362. The van der Waals surface area contributed by atoms with Crippen molar-refractivity contribution in [3.05, 3.63) is 28.2 Å². The first kappa shape index (κ1) is 14.1. The lowest BCUT2D eigenvalue weighted by molar-refractivity contribution is 0.402. The maximum Gasteiger partial charge on any atom is 0.267 e. The number of hydrogen-bond donors (Lipinski definition) is 2. The summed E-state index contributed by atoms with van der Waals surface area (Å²) in [5, 5.41) is 1.95. The lowest BCUT2D eigenvalue weighted by Crippen LogP contribution is -2.14. The van der Waals surface area contributed by atoms with Crippen LogP contribution in [-0.4, -0.2) is 20.5 Å². The lowest BCUT2D eigenvalue weighted by atomic mass is 10.3. The Morgan fingerprint density at radius 1 is 1.47 bits per heavy atom. The van der Waals surface area contributed by atoms with Crippen LogP contribution < -0.4 is 15.2 Å². The molecule has 0 saturated heterocycles. The zero-order chi connectivity index (χ0) is 14.0. The molecule has 3 N–H and O–H groups in total. The third kappa shape index (κ3) is 2.99. The van der Waals surface area contributed by atoms with E-state index in [-0.39, 0.29) is 15.8 Å². The Kier molecular flexibility index (Phi) is 3.97.